The second kappa shape index (κ2) is 8.50. The highest BCUT2D eigenvalue weighted by Gasteiger charge is 2.24. The first kappa shape index (κ1) is 19.2. The predicted octanol–water partition coefficient (Wildman–Crippen LogP) is 7.54. The van der Waals surface area contributed by atoms with Crippen LogP contribution in [-0.4, -0.2) is 13.2 Å². The van der Waals surface area contributed by atoms with Crippen LogP contribution in [-0.2, 0) is 0 Å². The molecular formula is C26H19BrO2S. The highest BCUT2D eigenvalue weighted by Crippen LogP contribution is 2.51. The lowest BCUT2D eigenvalue weighted by Crippen LogP contribution is -2.14. The molecular weight excluding hydrogens is 456 g/mol. The molecule has 0 fully saturated rings. The van der Waals surface area contributed by atoms with Crippen LogP contribution in [0.1, 0.15) is 16.7 Å². The Morgan fingerprint density at radius 1 is 0.733 bits per heavy atom. The number of ether oxygens (including phenoxy) is 2. The van der Waals surface area contributed by atoms with E-state index in [1.54, 1.807) is 11.3 Å². The summed E-state index contributed by atoms with van der Waals surface area (Å²) in [5.41, 5.74) is 5.90. The summed E-state index contributed by atoms with van der Waals surface area (Å²) in [6, 6.07) is 29.6. The largest absolute Gasteiger partial charge is 0.485 e. The maximum absolute atomic E-state index is 5.88. The van der Waals surface area contributed by atoms with Crippen LogP contribution in [0, 0.1) is 0 Å². The molecule has 5 rings (SSSR count). The number of rotatable bonds is 4. The molecule has 0 saturated carbocycles. The zero-order valence-electron chi connectivity index (χ0n) is 16.2. The number of hydrogen-bond donors (Lipinski definition) is 0. The van der Waals surface area contributed by atoms with Crippen LogP contribution < -0.4 is 9.47 Å². The highest BCUT2D eigenvalue weighted by atomic mass is 79.9. The van der Waals surface area contributed by atoms with Gasteiger partial charge in [-0.05, 0) is 49.8 Å². The quantitative estimate of drug-likeness (QED) is 0.284. The molecule has 4 aromatic rings. The molecule has 2 heterocycles. The van der Waals surface area contributed by atoms with Crippen LogP contribution in [0.5, 0.6) is 11.5 Å². The highest BCUT2D eigenvalue weighted by molar-refractivity contribution is 9.11. The van der Waals surface area contributed by atoms with Gasteiger partial charge in [0, 0.05) is 0 Å². The molecule has 3 aromatic carbocycles. The zero-order valence-corrected chi connectivity index (χ0v) is 18.6. The minimum atomic E-state index is 0.585. The van der Waals surface area contributed by atoms with Crippen molar-refractivity contribution in [1.29, 1.82) is 0 Å². The fourth-order valence-corrected chi connectivity index (χ4v) is 5.27. The summed E-state index contributed by atoms with van der Waals surface area (Å²) in [6.07, 6.45) is 2.24. The van der Waals surface area contributed by atoms with Gasteiger partial charge in [-0.3, -0.25) is 0 Å². The van der Waals surface area contributed by atoms with Crippen molar-refractivity contribution in [1.82, 2.24) is 0 Å². The summed E-state index contributed by atoms with van der Waals surface area (Å²) in [7, 11) is 0. The van der Waals surface area contributed by atoms with Crippen LogP contribution in [0.2, 0.25) is 0 Å². The molecule has 0 aliphatic carbocycles. The summed E-state index contributed by atoms with van der Waals surface area (Å²) in [6.45, 7) is 1.18. The van der Waals surface area contributed by atoms with Crippen molar-refractivity contribution in [2.75, 3.05) is 13.2 Å². The van der Waals surface area contributed by atoms with Crippen molar-refractivity contribution in [3.05, 3.63) is 105 Å². The first-order valence-electron chi connectivity index (χ1n) is 9.80. The van der Waals surface area contributed by atoms with Gasteiger partial charge in [-0.25, -0.2) is 0 Å². The van der Waals surface area contributed by atoms with Crippen LogP contribution in [0.25, 0.3) is 22.1 Å². The van der Waals surface area contributed by atoms with E-state index in [9.17, 15) is 0 Å². The van der Waals surface area contributed by atoms with E-state index in [2.05, 4.69) is 94.8 Å². The molecule has 0 bridgehead atoms. The Balaban J connectivity index is 1.52. The summed E-state index contributed by atoms with van der Waals surface area (Å²) in [5, 5.41) is 0. The Bertz CT molecular complexity index is 1140. The molecule has 0 N–H and O–H groups in total. The minimum absolute atomic E-state index is 0.585. The summed E-state index contributed by atoms with van der Waals surface area (Å²) in [4.78, 5) is 1.10. The van der Waals surface area contributed by atoms with Gasteiger partial charge in [-0.1, -0.05) is 84.9 Å². The van der Waals surface area contributed by atoms with Crippen molar-refractivity contribution in [2.24, 2.45) is 0 Å². The SMILES string of the molecule is Brc1sc(-c2ccc(C=C(c3ccccc3)c3ccccc3)cc2)c2c1OCCO2. The fourth-order valence-electron chi connectivity index (χ4n) is 3.57. The molecule has 1 aliphatic rings. The average molecular weight is 475 g/mol. The maximum Gasteiger partial charge on any atom is 0.187 e. The normalized spacial score (nSPS) is 12.4. The van der Waals surface area contributed by atoms with Gasteiger partial charge in [-0.15, -0.1) is 11.3 Å². The Morgan fingerprint density at radius 3 is 1.90 bits per heavy atom. The van der Waals surface area contributed by atoms with Crippen LogP contribution >= 0.6 is 27.3 Å². The Hall–Kier alpha value is -2.82. The van der Waals surface area contributed by atoms with Gasteiger partial charge in [-0.2, -0.15) is 0 Å². The Kier molecular flexibility index (Phi) is 5.43. The molecule has 0 saturated heterocycles. The summed E-state index contributed by atoms with van der Waals surface area (Å²) < 4.78 is 12.6. The van der Waals surface area contributed by atoms with Gasteiger partial charge in [0.25, 0.3) is 0 Å². The van der Waals surface area contributed by atoms with Gasteiger partial charge >= 0.3 is 0 Å². The van der Waals surface area contributed by atoms with E-state index in [0.29, 0.717) is 13.2 Å². The maximum atomic E-state index is 5.88. The van der Waals surface area contributed by atoms with E-state index in [1.165, 1.54) is 16.7 Å². The number of halogens is 1. The predicted molar refractivity (Wildman–Crippen MR) is 128 cm³/mol. The van der Waals surface area contributed by atoms with E-state index in [0.717, 1.165) is 31.3 Å². The molecule has 1 aliphatic heterocycles. The third-order valence-corrected chi connectivity index (χ3v) is 6.85. The second-order valence-corrected chi connectivity index (χ2v) is 9.31. The number of fused-ring (bicyclic) bond motifs is 1. The lowest BCUT2D eigenvalue weighted by atomic mass is 9.95. The third kappa shape index (κ3) is 3.81. The van der Waals surface area contributed by atoms with Crippen molar-refractivity contribution in [2.45, 2.75) is 0 Å². The van der Waals surface area contributed by atoms with Crippen LogP contribution in [0.15, 0.2) is 88.7 Å². The molecule has 0 radical (unpaired) electrons. The standard InChI is InChI=1S/C26H19BrO2S/c27-26-24-23(28-15-16-29-24)25(30-26)21-13-11-18(12-14-21)17-22(19-7-3-1-4-8-19)20-9-5-2-6-10-20/h1-14,17H,15-16H2. The molecule has 4 heteroatoms. The molecule has 0 spiro atoms. The molecule has 0 atom stereocenters. The number of hydrogen-bond acceptors (Lipinski definition) is 3. The van der Waals surface area contributed by atoms with Gasteiger partial charge in [0.05, 0.1) is 4.88 Å². The van der Waals surface area contributed by atoms with Crippen molar-refractivity contribution in [3.8, 4) is 21.9 Å². The van der Waals surface area contributed by atoms with Gasteiger partial charge in [0.2, 0.25) is 0 Å². The van der Waals surface area contributed by atoms with Gasteiger partial charge in [0.1, 0.15) is 17.0 Å². The number of thiophene rings is 1. The molecule has 1 aromatic heterocycles. The zero-order chi connectivity index (χ0) is 20.3. The molecule has 30 heavy (non-hydrogen) atoms. The Morgan fingerprint density at radius 2 is 1.30 bits per heavy atom. The first-order valence-corrected chi connectivity index (χ1v) is 11.4. The summed E-state index contributed by atoms with van der Waals surface area (Å²) in [5.74, 6) is 1.66. The van der Waals surface area contributed by atoms with E-state index in [4.69, 9.17) is 9.47 Å². The lowest BCUT2D eigenvalue weighted by molar-refractivity contribution is 0.173. The van der Waals surface area contributed by atoms with Crippen molar-refractivity contribution in [3.63, 3.8) is 0 Å². The molecule has 0 amide bonds. The average Bonchev–Trinajstić information content (AvgIpc) is 3.16. The minimum Gasteiger partial charge on any atom is -0.485 e. The van der Waals surface area contributed by atoms with E-state index >= 15 is 0 Å². The van der Waals surface area contributed by atoms with E-state index in [-0.39, 0.29) is 0 Å². The number of benzene rings is 3. The first-order chi connectivity index (χ1) is 14.8. The van der Waals surface area contributed by atoms with Gasteiger partial charge in [0.15, 0.2) is 11.5 Å². The van der Waals surface area contributed by atoms with Crippen LogP contribution in [0.4, 0.5) is 0 Å². The topological polar surface area (TPSA) is 18.5 Å². The molecule has 2 nitrogen and oxygen atoms in total. The van der Waals surface area contributed by atoms with Crippen molar-refractivity contribution >= 4 is 38.9 Å². The second-order valence-electron chi connectivity index (χ2n) is 6.97. The Labute approximate surface area is 188 Å². The monoisotopic (exact) mass is 474 g/mol. The smallest absolute Gasteiger partial charge is 0.187 e. The summed E-state index contributed by atoms with van der Waals surface area (Å²) >= 11 is 5.25. The molecule has 148 valence electrons. The van der Waals surface area contributed by atoms with Crippen LogP contribution in [0.3, 0.4) is 0 Å². The van der Waals surface area contributed by atoms with E-state index in [1.807, 2.05) is 12.1 Å². The molecule has 0 unspecified atom stereocenters. The third-order valence-electron chi connectivity index (χ3n) is 5.01. The lowest BCUT2D eigenvalue weighted by Gasteiger charge is -2.16. The van der Waals surface area contributed by atoms with Gasteiger partial charge < -0.3 is 9.47 Å². The van der Waals surface area contributed by atoms with Crippen molar-refractivity contribution < 1.29 is 9.47 Å². The van der Waals surface area contributed by atoms with E-state index < -0.39 is 0 Å². The fraction of sp³-hybridized carbons (Fsp3) is 0.0769.